The van der Waals surface area contributed by atoms with E-state index in [1.807, 2.05) is 49.5 Å². The van der Waals surface area contributed by atoms with Gasteiger partial charge in [-0.25, -0.2) is 8.42 Å². The summed E-state index contributed by atoms with van der Waals surface area (Å²) in [5, 5.41) is 2.66. The number of benzene rings is 2. The quantitative estimate of drug-likeness (QED) is 0.636. The summed E-state index contributed by atoms with van der Waals surface area (Å²) in [5.74, 6) is 0.545. The van der Waals surface area contributed by atoms with Gasteiger partial charge in [0.15, 0.2) is 0 Å². The molecule has 1 amide bonds. The van der Waals surface area contributed by atoms with Gasteiger partial charge in [-0.1, -0.05) is 12.1 Å². The first-order chi connectivity index (χ1) is 14.9. The van der Waals surface area contributed by atoms with Crippen LogP contribution in [0.5, 0.6) is 5.75 Å². The maximum atomic E-state index is 13.6. The highest BCUT2D eigenvalue weighted by atomic mass is 32.2. The SMILES string of the molecule is CCOc1ccc(C2c3cccn3CCN2S(=O)(=O)c2ccc(NC(C)=O)cc2)cc1. The summed E-state index contributed by atoms with van der Waals surface area (Å²) in [7, 11) is -3.77. The van der Waals surface area contributed by atoms with Gasteiger partial charge in [0.05, 0.1) is 17.5 Å². The van der Waals surface area contributed by atoms with Crippen molar-refractivity contribution in [3.8, 4) is 5.75 Å². The van der Waals surface area contributed by atoms with Crippen LogP contribution in [0.15, 0.2) is 71.8 Å². The third-order valence-electron chi connectivity index (χ3n) is 5.28. The number of hydrogen-bond acceptors (Lipinski definition) is 4. The zero-order valence-electron chi connectivity index (χ0n) is 17.5. The summed E-state index contributed by atoms with van der Waals surface area (Å²) in [6, 6.07) is 17.3. The minimum atomic E-state index is -3.77. The van der Waals surface area contributed by atoms with Gasteiger partial charge in [-0.3, -0.25) is 4.79 Å². The summed E-state index contributed by atoms with van der Waals surface area (Å²) in [6.45, 7) is 4.84. The van der Waals surface area contributed by atoms with E-state index in [-0.39, 0.29) is 10.8 Å². The lowest BCUT2D eigenvalue weighted by molar-refractivity contribution is -0.114. The van der Waals surface area contributed by atoms with Gasteiger partial charge in [0.2, 0.25) is 15.9 Å². The molecule has 8 heteroatoms. The molecule has 1 aromatic heterocycles. The van der Waals surface area contributed by atoms with Gasteiger partial charge in [-0.05, 0) is 61.0 Å². The van der Waals surface area contributed by atoms with E-state index in [1.54, 1.807) is 16.4 Å². The number of aromatic nitrogens is 1. The Morgan fingerprint density at radius 2 is 1.77 bits per heavy atom. The third kappa shape index (κ3) is 4.22. The topological polar surface area (TPSA) is 80.6 Å². The smallest absolute Gasteiger partial charge is 0.244 e. The van der Waals surface area contributed by atoms with Crippen molar-refractivity contribution in [2.45, 2.75) is 31.3 Å². The monoisotopic (exact) mass is 439 g/mol. The molecule has 2 heterocycles. The van der Waals surface area contributed by atoms with Gasteiger partial charge in [-0.15, -0.1) is 0 Å². The average Bonchev–Trinajstić information content (AvgIpc) is 3.23. The van der Waals surface area contributed by atoms with Crippen LogP contribution in [0.1, 0.15) is 31.1 Å². The number of fused-ring (bicyclic) bond motifs is 1. The lowest BCUT2D eigenvalue weighted by Crippen LogP contribution is -2.42. The number of rotatable bonds is 6. The summed E-state index contributed by atoms with van der Waals surface area (Å²) < 4.78 is 36.4. The van der Waals surface area contributed by atoms with Crippen LogP contribution in [0.25, 0.3) is 0 Å². The lowest BCUT2D eigenvalue weighted by Gasteiger charge is -2.36. The Morgan fingerprint density at radius 1 is 1.06 bits per heavy atom. The van der Waals surface area contributed by atoms with Crippen molar-refractivity contribution in [3.05, 3.63) is 78.1 Å². The molecule has 1 N–H and O–H groups in total. The van der Waals surface area contributed by atoms with Gasteiger partial charge in [0, 0.05) is 37.6 Å². The van der Waals surface area contributed by atoms with Crippen LogP contribution in [0, 0.1) is 0 Å². The van der Waals surface area contributed by atoms with Crippen LogP contribution >= 0.6 is 0 Å². The van der Waals surface area contributed by atoms with Gasteiger partial charge in [0.25, 0.3) is 0 Å². The molecule has 1 unspecified atom stereocenters. The van der Waals surface area contributed by atoms with E-state index in [0.717, 1.165) is 17.0 Å². The Labute approximate surface area is 182 Å². The molecule has 0 radical (unpaired) electrons. The summed E-state index contributed by atoms with van der Waals surface area (Å²) >= 11 is 0. The molecule has 1 aliphatic rings. The van der Waals surface area contributed by atoms with Crippen LogP contribution in [-0.2, 0) is 21.4 Å². The molecule has 0 spiro atoms. The number of carbonyl (C=O) groups is 1. The van der Waals surface area contributed by atoms with E-state index in [2.05, 4.69) is 9.88 Å². The lowest BCUT2D eigenvalue weighted by atomic mass is 10.0. The van der Waals surface area contributed by atoms with Gasteiger partial charge in [0.1, 0.15) is 5.75 Å². The minimum Gasteiger partial charge on any atom is -0.494 e. The van der Waals surface area contributed by atoms with Crippen LogP contribution in [-0.4, -0.2) is 36.3 Å². The molecule has 1 atom stereocenters. The van der Waals surface area contributed by atoms with Gasteiger partial charge in [-0.2, -0.15) is 4.31 Å². The number of anilines is 1. The average molecular weight is 440 g/mol. The molecule has 0 fully saturated rings. The fourth-order valence-corrected chi connectivity index (χ4v) is 5.50. The molecule has 7 nitrogen and oxygen atoms in total. The molecule has 0 bridgehead atoms. The Kier molecular flexibility index (Phi) is 5.84. The predicted molar refractivity (Wildman–Crippen MR) is 119 cm³/mol. The Bertz CT molecular complexity index is 1170. The van der Waals surface area contributed by atoms with E-state index < -0.39 is 16.1 Å². The van der Waals surface area contributed by atoms with E-state index in [1.165, 1.54) is 19.1 Å². The first-order valence-corrected chi connectivity index (χ1v) is 11.6. The zero-order chi connectivity index (χ0) is 22.0. The molecule has 0 saturated carbocycles. The van der Waals surface area contributed by atoms with Crippen molar-refractivity contribution in [1.82, 2.24) is 8.87 Å². The molecule has 4 rings (SSSR count). The maximum Gasteiger partial charge on any atom is 0.244 e. The minimum absolute atomic E-state index is 0.192. The van der Waals surface area contributed by atoms with Crippen molar-refractivity contribution in [1.29, 1.82) is 0 Å². The molecule has 162 valence electrons. The second-order valence-electron chi connectivity index (χ2n) is 7.35. The Balaban J connectivity index is 1.72. The maximum absolute atomic E-state index is 13.6. The first kappa shape index (κ1) is 21.1. The van der Waals surface area contributed by atoms with E-state index >= 15 is 0 Å². The van der Waals surface area contributed by atoms with Crippen LogP contribution in [0.2, 0.25) is 0 Å². The second-order valence-corrected chi connectivity index (χ2v) is 9.24. The number of nitrogens with zero attached hydrogens (tertiary/aromatic N) is 2. The number of sulfonamides is 1. The molecule has 2 aromatic carbocycles. The highest BCUT2D eigenvalue weighted by Crippen LogP contribution is 2.37. The van der Waals surface area contributed by atoms with Crippen molar-refractivity contribution in [3.63, 3.8) is 0 Å². The van der Waals surface area contributed by atoms with Crippen LogP contribution in [0.4, 0.5) is 5.69 Å². The molecule has 3 aromatic rings. The highest BCUT2D eigenvalue weighted by Gasteiger charge is 2.37. The van der Waals surface area contributed by atoms with Crippen LogP contribution in [0.3, 0.4) is 0 Å². The fourth-order valence-electron chi connectivity index (χ4n) is 3.92. The Morgan fingerprint density at radius 3 is 2.42 bits per heavy atom. The molecular weight excluding hydrogens is 414 g/mol. The molecule has 1 aliphatic heterocycles. The Hall–Kier alpha value is -3.10. The van der Waals surface area contributed by atoms with Crippen LogP contribution < -0.4 is 10.1 Å². The molecule has 31 heavy (non-hydrogen) atoms. The van der Waals surface area contributed by atoms with Crippen molar-refractivity contribution in [2.24, 2.45) is 0 Å². The van der Waals surface area contributed by atoms with Gasteiger partial charge < -0.3 is 14.6 Å². The summed E-state index contributed by atoms with van der Waals surface area (Å²) in [6.07, 6.45) is 1.98. The van der Waals surface area contributed by atoms with E-state index in [0.29, 0.717) is 25.4 Å². The summed E-state index contributed by atoms with van der Waals surface area (Å²) in [4.78, 5) is 11.4. The van der Waals surface area contributed by atoms with E-state index in [9.17, 15) is 13.2 Å². The van der Waals surface area contributed by atoms with Crippen molar-refractivity contribution in [2.75, 3.05) is 18.5 Å². The third-order valence-corrected chi connectivity index (χ3v) is 7.16. The van der Waals surface area contributed by atoms with E-state index in [4.69, 9.17) is 4.74 Å². The highest BCUT2D eigenvalue weighted by molar-refractivity contribution is 7.89. The normalized spacial score (nSPS) is 16.5. The number of amides is 1. The number of hydrogen-bond donors (Lipinski definition) is 1. The predicted octanol–water partition coefficient (Wildman–Crippen LogP) is 3.64. The first-order valence-electron chi connectivity index (χ1n) is 10.2. The zero-order valence-corrected chi connectivity index (χ0v) is 18.3. The van der Waals surface area contributed by atoms with Gasteiger partial charge >= 0.3 is 0 Å². The molecule has 0 saturated heterocycles. The number of nitrogens with one attached hydrogen (secondary N) is 1. The number of ether oxygens (including phenoxy) is 1. The second kappa shape index (κ2) is 8.56. The van der Waals surface area contributed by atoms with Crippen molar-refractivity contribution < 1.29 is 17.9 Å². The fraction of sp³-hybridized carbons (Fsp3) is 0.261. The summed E-state index contributed by atoms with van der Waals surface area (Å²) in [5.41, 5.74) is 2.36. The largest absolute Gasteiger partial charge is 0.494 e. The number of carbonyl (C=O) groups excluding carboxylic acids is 1. The standard InChI is InChI=1S/C23H25N3O4S/c1-3-30-20-10-6-18(7-11-20)23-22-5-4-14-25(22)15-16-26(23)31(28,29)21-12-8-19(9-13-21)24-17(2)27/h4-14,23H,3,15-16H2,1-2H3,(H,24,27). The molecule has 0 aliphatic carbocycles. The molecular formula is C23H25N3O4S. The van der Waals surface area contributed by atoms with Crippen molar-refractivity contribution >= 4 is 21.6 Å².